The van der Waals surface area contributed by atoms with Crippen molar-refractivity contribution in [1.29, 1.82) is 5.26 Å². The van der Waals surface area contributed by atoms with Gasteiger partial charge in [-0.05, 0) is 33.6 Å². The third kappa shape index (κ3) is 3.33. The second kappa shape index (κ2) is 6.36. The molecule has 6 nitrogen and oxygen atoms in total. The molecule has 0 aliphatic heterocycles. The van der Waals surface area contributed by atoms with Crippen molar-refractivity contribution in [2.45, 2.75) is 6.54 Å². The van der Waals surface area contributed by atoms with Crippen LogP contribution in [0.2, 0.25) is 5.15 Å². The van der Waals surface area contributed by atoms with Crippen LogP contribution in [-0.2, 0) is 6.54 Å². The Bertz CT molecular complexity index is 929. The van der Waals surface area contributed by atoms with Crippen LogP contribution >= 0.6 is 27.5 Å². The Kier molecular flexibility index (Phi) is 4.28. The Morgan fingerprint density at radius 3 is 2.78 bits per heavy atom. The number of nitriles is 1. The molecule has 2 heterocycles. The second-order valence-corrected chi connectivity index (χ2v) is 5.89. The van der Waals surface area contributed by atoms with Gasteiger partial charge in [0.1, 0.15) is 15.5 Å². The van der Waals surface area contributed by atoms with Crippen LogP contribution in [0.25, 0.3) is 5.65 Å². The van der Waals surface area contributed by atoms with E-state index >= 15 is 0 Å². The molecule has 1 aromatic carbocycles. The summed E-state index contributed by atoms with van der Waals surface area (Å²) >= 11 is 9.34. The number of carbonyl (C=O) groups excluding carboxylic acids is 1. The second-order valence-electron chi connectivity index (χ2n) is 4.69. The highest BCUT2D eigenvalue weighted by Gasteiger charge is 2.12. The van der Waals surface area contributed by atoms with Crippen molar-refractivity contribution in [3.63, 3.8) is 0 Å². The summed E-state index contributed by atoms with van der Waals surface area (Å²) in [5.74, 6) is -0.337. The molecule has 0 atom stereocenters. The van der Waals surface area contributed by atoms with E-state index in [1.54, 1.807) is 30.3 Å². The molecule has 1 N–H and O–H groups in total. The fourth-order valence-corrected chi connectivity index (χ4v) is 2.59. The normalized spacial score (nSPS) is 10.5. The zero-order valence-electron chi connectivity index (χ0n) is 11.6. The Morgan fingerprint density at radius 2 is 2.09 bits per heavy atom. The predicted octanol–water partition coefficient (Wildman–Crippen LogP) is 2.95. The van der Waals surface area contributed by atoms with E-state index in [0.29, 0.717) is 27.5 Å². The number of hydrogen-bond donors (Lipinski definition) is 1. The zero-order valence-corrected chi connectivity index (χ0v) is 14.0. The maximum atomic E-state index is 12.2. The number of aromatic nitrogens is 3. The first-order valence-electron chi connectivity index (χ1n) is 6.56. The van der Waals surface area contributed by atoms with Crippen molar-refractivity contribution in [3.8, 4) is 6.07 Å². The third-order valence-corrected chi connectivity index (χ3v) is 3.78. The van der Waals surface area contributed by atoms with Crippen LogP contribution in [-0.4, -0.2) is 20.5 Å². The van der Waals surface area contributed by atoms with Gasteiger partial charge in [0.2, 0.25) is 0 Å². The summed E-state index contributed by atoms with van der Waals surface area (Å²) in [6, 6.07) is 12.2. The van der Waals surface area contributed by atoms with Crippen molar-refractivity contribution in [2.75, 3.05) is 0 Å². The van der Waals surface area contributed by atoms with E-state index in [-0.39, 0.29) is 11.6 Å². The highest BCUT2D eigenvalue weighted by molar-refractivity contribution is 9.10. The lowest BCUT2D eigenvalue weighted by Gasteiger charge is -2.06. The lowest BCUT2D eigenvalue weighted by atomic mass is 10.1. The zero-order chi connectivity index (χ0) is 16.4. The lowest BCUT2D eigenvalue weighted by molar-refractivity contribution is 0.0946. The fraction of sp³-hybridized carbons (Fsp3) is 0.0667. The van der Waals surface area contributed by atoms with Crippen molar-refractivity contribution in [1.82, 2.24) is 19.9 Å². The van der Waals surface area contributed by atoms with E-state index in [2.05, 4.69) is 31.3 Å². The van der Waals surface area contributed by atoms with Crippen molar-refractivity contribution < 1.29 is 4.79 Å². The fourth-order valence-electron chi connectivity index (χ4n) is 2.00. The first-order valence-corrected chi connectivity index (χ1v) is 7.73. The van der Waals surface area contributed by atoms with Gasteiger partial charge in [-0.15, -0.1) is 0 Å². The topological polar surface area (TPSA) is 83.1 Å². The molecule has 0 bridgehead atoms. The molecule has 0 saturated heterocycles. The van der Waals surface area contributed by atoms with E-state index in [9.17, 15) is 4.79 Å². The van der Waals surface area contributed by atoms with Gasteiger partial charge in [0.25, 0.3) is 5.91 Å². The monoisotopic (exact) mass is 389 g/mol. The van der Waals surface area contributed by atoms with E-state index < -0.39 is 0 Å². The van der Waals surface area contributed by atoms with Crippen LogP contribution in [0, 0.1) is 11.3 Å². The molecule has 0 spiro atoms. The highest BCUT2D eigenvalue weighted by atomic mass is 79.9. The standard InChI is InChI=1S/C15H9BrClN5O/c16-12-6-14-20-11(5-13(17)22(14)21-12)15(23)19-8-10-3-1-9(7-18)2-4-10/h1-6H,8H2,(H,19,23). The summed E-state index contributed by atoms with van der Waals surface area (Å²) in [6.07, 6.45) is 0. The summed E-state index contributed by atoms with van der Waals surface area (Å²) < 4.78 is 2.02. The Balaban J connectivity index is 1.76. The molecular weight excluding hydrogens is 382 g/mol. The van der Waals surface area contributed by atoms with Crippen LogP contribution in [0.4, 0.5) is 0 Å². The SMILES string of the molecule is N#Cc1ccc(CNC(=O)c2cc(Cl)n3nc(Br)cc3n2)cc1. The maximum absolute atomic E-state index is 12.2. The van der Waals surface area contributed by atoms with Crippen molar-refractivity contribution in [3.05, 3.63) is 63.0 Å². The minimum Gasteiger partial charge on any atom is -0.347 e. The number of fused-ring (bicyclic) bond motifs is 1. The Labute approximate surface area is 144 Å². The lowest BCUT2D eigenvalue weighted by Crippen LogP contribution is -2.24. The van der Waals surface area contributed by atoms with Gasteiger partial charge < -0.3 is 5.32 Å². The number of halogens is 2. The summed E-state index contributed by atoms with van der Waals surface area (Å²) in [6.45, 7) is 0.331. The van der Waals surface area contributed by atoms with Crippen molar-refractivity contribution in [2.24, 2.45) is 0 Å². The van der Waals surface area contributed by atoms with Gasteiger partial charge in [-0.3, -0.25) is 4.79 Å². The Hall–Kier alpha value is -2.43. The maximum Gasteiger partial charge on any atom is 0.270 e. The van der Waals surface area contributed by atoms with E-state index in [0.717, 1.165) is 5.56 Å². The minimum absolute atomic E-state index is 0.212. The molecular formula is C15H9BrClN5O. The predicted molar refractivity (Wildman–Crippen MR) is 88.0 cm³/mol. The number of amides is 1. The molecule has 0 aliphatic rings. The Morgan fingerprint density at radius 1 is 1.35 bits per heavy atom. The van der Waals surface area contributed by atoms with Gasteiger partial charge in [0.05, 0.1) is 11.6 Å². The minimum atomic E-state index is -0.337. The molecule has 0 saturated carbocycles. The van der Waals surface area contributed by atoms with Crippen LogP contribution in [0.3, 0.4) is 0 Å². The summed E-state index contributed by atoms with van der Waals surface area (Å²) in [4.78, 5) is 16.4. The number of nitrogens with one attached hydrogen (secondary N) is 1. The smallest absolute Gasteiger partial charge is 0.270 e. The molecule has 114 valence electrons. The largest absolute Gasteiger partial charge is 0.347 e. The average molecular weight is 391 g/mol. The van der Waals surface area contributed by atoms with E-state index in [1.165, 1.54) is 10.6 Å². The number of hydrogen-bond acceptors (Lipinski definition) is 4. The van der Waals surface area contributed by atoms with Gasteiger partial charge in [0.15, 0.2) is 5.65 Å². The highest BCUT2D eigenvalue weighted by Crippen LogP contribution is 2.17. The summed E-state index contributed by atoms with van der Waals surface area (Å²) in [5.41, 5.74) is 2.15. The first kappa shape index (κ1) is 15.5. The molecule has 0 radical (unpaired) electrons. The number of nitrogens with zero attached hydrogens (tertiary/aromatic N) is 4. The van der Waals surface area contributed by atoms with E-state index in [4.69, 9.17) is 16.9 Å². The molecule has 1 amide bonds. The quantitative estimate of drug-likeness (QED) is 0.697. The molecule has 2 aromatic heterocycles. The molecule has 23 heavy (non-hydrogen) atoms. The number of rotatable bonds is 3. The molecule has 0 unspecified atom stereocenters. The number of carbonyl (C=O) groups is 1. The molecule has 0 aliphatic carbocycles. The first-order chi connectivity index (χ1) is 11.1. The van der Waals surface area contributed by atoms with Crippen LogP contribution < -0.4 is 5.32 Å². The van der Waals surface area contributed by atoms with Gasteiger partial charge in [-0.1, -0.05) is 23.7 Å². The van der Waals surface area contributed by atoms with Gasteiger partial charge in [0, 0.05) is 18.7 Å². The summed E-state index contributed by atoms with van der Waals surface area (Å²) in [5, 5.41) is 15.9. The molecule has 3 rings (SSSR count). The van der Waals surface area contributed by atoms with Crippen LogP contribution in [0.5, 0.6) is 0 Å². The third-order valence-electron chi connectivity index (χ3n) is 3.12. The summed E-state index contributed by atoms with van der Waals surface area (Å²) in [7, 11) is 0. The average Bonchev–Trinajstić information content (AvgIpc) is 2.94. The van der Waals surface area contributed by atoms with Crippen LogP contribution in [0.15, 0.2) is 41.0 Å². The van der Waals surface area contributed by atoms with Gasteiger partial charge >= 0.3 is 0 Å². The van der Waals surface area contributed by atoms with Crippen molar-refractivity contribution >= 4 is 39.1 Å². The van der Waals surface area contributed by atoms with E-state index in [1.807, 2.05) is 6.07 Å². The van der Waals surface area contributed by atoms with Gasteiger partial charge in [-0.25, -0.2) is 9.50 Å². The molecule has 8 heteroatoms. The van der Waals surface area contributed by atoms with Gasteiger partial charge in [-0.2, -0.15) is 10.4 Å². The molecule has 3 aromatic rings. The molecule has 0 fully saturated rings. The number of benzene rings is 1. The van der Waals surface area contributed by atoms with Crippen LogP contribution in [0.1, 0.15) is 21.6 Å².